The Kier molecular flexibility index (Phi) is 5.27. The number of hydrogen-bond acceptors (Lipinski definition) is 6. The van der Waals surface area contributed by atoms with Crippen LogP contribution in [0.4, 0.5) is 20.7 Å². The molecule has 0 radical (unpaired) electrons. The van der Waals surface area contributed by atoms with E-state index < -0.39 is 6.03 Å². The summed E-state index contributed by atoms with van der Waals surface area (Å²) < 4.78 is 0. The normalized spacial score (nSPS) is 10.3. The molecule has 0 bridgehead atoms. The van der Waals surface area contributed by atoms with Crippen molar-refractivity contribution >= 4 is 62.2 Å². The van der Waals surface area contributed by atoms with E-state index in [1.54, 1.807) is 29.6 Å². The quantitative estimate of drug-likeness (QED) is 0.609. The predicted molar refractivity (Wildman–Crippen MR) is 101 cm³/mol. The van der Waals surface area contributed by atoms with E-state index in [1.165, 1.54) is 11.3 Å². The lowest BCUT2D eigenvalue weighted by Gasteiger charge is -2.05. The number of halogens is 1. The third-order valence-electron chi connectivity index (χ3n) is 2.90. The molecule has 3 N–H and O–H groups in total. The molecular weight excluding hydrogens is 382 g/mol. The second kappa shape index (κ2) is 7.60. The van der Waals surface area contributed by atoms with E-state index in [0.29, 0.717) is 21.0 Å². The van der Waals surface area contributed by atoms with E-state index >= 15 is 0 Å². The van der Waals surface area contributed by atoms with Crippen molar-refractivity contribution in [3.8, 4) is 0 Å². The number of carbonyl (C=O) groups excluding carboxylic acids is 2. The van der Waals surface area contributed by atoms with Gasteiger partial charge < -0.3 is 5.32 Å². The summed E-state index contributed by atoms with van der Waals surface area (Å²) in [6.07, 6.45) is 0. The van der Waals surface area contributed by atoms with Crippen molar-refractivity contribution in [1.82, 2.24) is 9.97 Å². The third kappa shape index (κ3) is 4.75. The molecule has 0 atom stereocenters. The van der Waals surface area contributed by atoms with Crippen molar-refractivity contribution in [2.75, 3.05) is 16.0 Å². The number of thiazole rings is 2. The Morgan fingerprint density at radius 1 is 0.960 bits per heavy atom. The lowest BCUT2D eigenvalue weighted by molar-refractivity contribution is 0.102. The molecule has 3 aromatic rings. The highest BCUT2D eigenvalue weighted by molar-refractivity contribution is 7.14. The summed E-state index contributed by atoms with van der Waals surface area (Å²) in [5, 5.41) is 12.7. The molecule has 7 nitrogen and oxygen atoms in total. The van der Waals surface area contributed by atoms with Gasteiger partial charge in [-0.15, -0.1) is 22.7 Å². The first-order valence-electron chi connectivity index (χ1n) is 7.02. The highest BCUT2D eigenvalue weighted by atomic mass is 35.5. The topological polar surface area (TPSA) is 96.0 Å². The van der Waals surface area contributed by atoms with Crippen LogP contribution in [0.5, 0.6) is 0 Å². The fraction of sp³-hybridized carbons (Fsp3) is 0.0667. The molecule has 0 aliphatic rings. The van der Waals surface area contributed by atoms with Crippen LogP contribution in [0, 0.1) is 6.92 Å². The predicted octanol–water partition coefficient (Wildman–Crippen LogP) is 4.46. The zero-order valence-electron chi connectivity index (χ0n) is 12.9. The number of aryl methyl sites for hydroxylation is 1. The van der Waals surface area contributed by atoms with Gasteiger partial charge in [-0.3, -0.25) is 15.4 Å². The minimum atomic E-state index is -0.459. The number of benzene rings is 1. The Morgan fingerprint density at radius 3 is 2.32 bits per heavy atom. The van der Waals surface area contributed by atoms with Gasteiger partial charge in [0.25, 0.3) is 5.91 Å². The van der Waals surface area contributed by atoms with Crippen molar-refractivity contribution in [2.24, 2.45) is 0 Å². The molecule has 3 rings (SSSR count). The van der Waals surface area contributed by atoms with Gasteiger partial charge in [0.1, 0.15) is 5.69 Å². The van der Waals surface area contributed by atoms with Crippen LogP contribution in [-0.4, -0.2) is 21.9 Å². The fourth-order valence-electron chi connectivity index (χ4n) is 1.80. The summed E-state index contributed by atoms with van der Waals surface area (Å²) in [4.78, 5) is 32.3. The molecule has 0 fully saturated rings. The zero-order valence-corrected chi connectivity index (χ0v) is 15.3. The van der Waals surface area contributed by atoms with Crippen LogP contribution in [-0.2, 0) is 0 Å². The molecule has 0 unspecified atom stereocenters. The van der Waals surface area contributed by atoms with Gasteiger partial charge in [-0.1, -0.05) is 11.6 Å². The minimum Gasteiger partial charge on any atom is -0.308 e. The van der Waals surface area contributed by atoms with Crippen LogP contribution in [0.2, 0.25) is 5.02 Å². The molecule has 128 valence electrons. The standard InChI is InChI=1S/C15H12ClN5O2S2/c1-8-6-24-14(17-8)20-12(22)11-7-25-15(19-11)21-13(23)18-10-4-2-9(16)3-5-10/h2-7H,1H3,(H,17,20,22)(H2,18,19,21,23). The Morgan fingerprint density at radius 2 is 1.64 bits per heavy atom. The van der Waals surface area contributed by atoms with Crippen molar-refractivity contribution in [1.29, 1.82) is 0 Å². The Labute approximate surface area is 156 Å². The summed E-state index contributed by atoms with van der Waals surface area (Å²) in [6, 6.07) is 6.24. The third-order valence-corrected chi connectivity index (χ3v) is 4.78. The second-order valence-electron chi connectivity index (χ2n) is 4.87. The number of urea groups is 1. The lowest BCUT2D eigenvalue weighted by Crippen LogP contribution is -2.19. The number of anilines is 3. The number of nitrogens with zero attached hydrogens (tertiary/aromatic N) is 2. The van der Waals surface area contributed by atoms with Gasteiger partial charge in [0.2, 0.25) is 0 Å². The van der Waals surface area contributed by atoms with Crippen LogP contribution >= 0.6 is 34.3 Å². The van der Waals surface area contributed by atoms with Crippen LogP contribution in [0.25, 0.3) is 0 Å². The smallest absolute Gasteiger partial charge is 0.308 e. The van der Waals surface area contributed by atoms with Gasteiger partial charge in [0, 0.05) is 21.5 Å². The van der Waals surface area contributed by atoms with E-state index in [9.17, 15) is 9.59 Å². The van der Waals surface area contributed by atoms with E-state index in [-0.39, 0.29) is 11.6 Å². The van der Waals surface area contributed by atoms with Gasteiger partial charge in [0.15, 0.2) is 10.3 Å². The van der Waals surface area contributed by atoms with Crippen molar-refractivity contribution in [3.05, 3.63) is 51.4 Å². The monoisotopic (exact) mass is 393 g/mol. The van der Waals surface area contributed by atoms with Crippen molar-refractivity contribution < 1.29 is 9.59 Å². The lowest BCUT2D eigenvalue weighted by atomic mass is 10.3. The van der Waals surface area contributed by atoms with Gasteiger partial charge in [-0.25, -0.2) is 14.8 Å². The molecule has 10 heteroatoms. The first kappa shape index (κ1) is 17.3. The SMILES string of the molecule is Cc1csc(NC(=O)c2csc(NC(=O)Nc3ccc(Cl)cc3)n2)n1. The molecule has 1 aromatic carbocycles. The van der Waals surface area contributed by atoms with Crippen LogP contribution in [0.15, 0.2) is 35.0 Å². The average Bonchev–Trinajstić information content (AvgIpc) is 3.19. The summed E-state index contributed by atoms with van der Waals surface area (Å²) in [6.45, 7) is 1.84. The number of hydrogen-bond donors (Lipinski definition) is 3. The van der Waals surface area contributed by atoms with Gasteiger partial charge in [0.05, 0.1) is 5.69 Å². The van der Waals surface area contributed by atoms with E-state index in [4.69, 9.17) is 11.6 Å². The molecule has 2 heterocycles. The van der Waals surface area contributed by atoms with Crippen molar-refractivity contribution in [2.45, 2.75) is 6.92 Å². The van der Waals surface area contributed by atoms with Crippen molar-refractivity contribution in [3.63, 3.8) is 0 Å². The summed E-state index contributed by atoms with van der Waals surface area (Å²) in [5.41, 5.74) is 1.63. The number of carbonyl (C=O) groups is 2. The highest BCUT2D eigenvalue weighted by Gasteiger charge is 2.14. The molecule has 25 heavy (non-hydrogen) atoms. The maximum atomic E-state index is 12.1. The fourth-order valence-corrected chi connectivity index (χ4v) is 3.30. The molecular formula is C15H12ClN5O2S2. The molecule has 0 spiro atoms. The van der Waals surface area contributed by atoms with Crippen LogP contribution < -0.4 is 16.0 Å². The average molecular weight is 394 g/mol. The minimum absolute atomic E-state index is 0.208. The number of amides is 3. The Balaban J connectivity index is 1.58. The summed E-state index contributed by atoms with van der Waals surface area (Å²) in [7, 11) is 0. The number of rotatable bonds is 4. The molecule has 3 amide bonds. The van der Waals surface area contributed by atoms with E-state index in [0.717, 1.165) is 17.0 Å². The zero-order chi connectivity index (χ0) is 17.8. The molecule has 0 aliphatic heterocycles. The number of aromatic nitrogens is 2. The van der Waals surface area contributed by atoms with Gasteiger partial charge in [-0.2, -0.15) is 0 Å². The maximum Gasteiger partial charge on any atom is 0.325 e. The molecule has 0 aliphatic carbocycles. The largest absolute Gasteiger partial charge is 0.325 e. The Hall–Kier alpha value is -2.49. The molecule has 2 aromatic heterocycles. The maximum absolute atomic E-state index is 12.1. The Bertz CT molecular complexity index is 907. The van der Waals surface area contributed by atoms with Crippen LogP contribution in [0.1, 0.15) is 16.2 Å². The first-order valence-corrected chi connectivity index (χ1v) is 9.16. The van der Waals surface area contributed by atoms with E-state index in [2.05, 4.69) is 25.9 Å². The first-order chi connectivity index (χ1) is 12.0. The second-order valence-corrected chi connectivity index (χ2v) is 7.02. The highest BCUT2D eigenvalue weighted by Crippen LogP contribution is 2.19. The van der Waals surface area contributed by atoms with Gasteiger partial charge >= 0.3 is 6.03 Å². The molecule has 0 saturated carbocycles. The van der Waals surface area contributed by atoms with Gasteiger partial charge in [-0.05, 0) is 31.2 Å². The van der Waals surface area contributed by atoms with Crippen LogP contribution in [0.3, 0.4) is 0 Å². The molecule has 0 saturated heterocycles. The van der Waals surface area contributed by atoms with E-state index in [1.807, 2.05) is 12.3 Å². The summed E-state index contributed by atoms with van der Waals surface area (Å²) >= 11 is 8.28. The summed E-state index contributed by atoms with van der Waals surface area (Å²) in [5.74, 6) is -0.378. The number of nitrogens with one attached hydrogen (secondary N) is 3.